The summed E-state index contributed by atoms with van der Waals surface area (Å²) in [6.07, 6.45) is 0. The van der Waals surface area contributed by atoms with Gasteiger partial charge in [-0.1, -0.05) is 0 Å². The minimum absolute atomic E-state index is 0.471. The lowest BCUT2D eigenvalue weighted by atomic mass is 9.73. The predicted octanol–water partition coefficient (Wildman–Crippen LogP) is 2.76. The number of rotatable bonds is 3. The second-order valence-electron chi connectivity index (χ2n) is 6.05. The average Bonchev–Trinajstić information content (AvgIpc) is 2.47. The van der Waals surface area contributed by atoms with Crippen molar-refractivity contribution in [3.05, 3.63) is 22.2 Å². The molecule has 0 unspecified atom stereocenters. The number of fused-ring (bicyclic) bond motifs is 3. The standard InChI is InChI=1S/C16H22BrNO3/c1-18-6-10(8-19-2)14-9-21-16-12(13(14)7-18)4-11(20-3)5-15(16)17/h4-5,10,13-14H,6-9H2,1-3H3/t10-,13+,14-/m1/s1. The van der Waals surface area contributed by atoms with Crippen LogP contribution in [0.4, 0.5) is 0 Å². The lowest BCUT2D eigenvalue weighted by molar-refractivity contribution is 0.0153. The summed E-state index contributed by atoms with van der Waals surface area (Å²) in [6, 6.07) is 4.10. The summed E-state index contributed by atoms with van der Waals surface area (Å²) in [5, 5.41) is 0. The third kappa shape index (κ3) is 2.79. The van der Waals surface area contributed by atoms with E-state index in [0.717, 1.165) is 42.3 Å². The second-order valence-corrected chi connectivity index (χ2v) is 6.90. The van der Waals surface area contributed by atoms with E-state index in [9.17, 15) is 0 Å². The number of likely N-dealkylation sites (N-methyl/N-ethyl adjacent to an activating group) is 1. The van der Waals surface area contributed by atoms with Gasteiger partial charge in [0.1, 0.15) is 11.5 Å². The molecule has 0 saturated carbocycles. The van der Waals surface area contributed by atoms with Crippen LogP contribution in [0.2, 0.25) is 0 Å². The first-order chi connectivity index (χ1) is 10.1. The molecule has 3 rings (SSSR count). The van der Waals surface area contributed by atoms with Gasteiger partial charge in [0, 0.05) is 43.5 Å². The van der Waals surface area contributed by atoms with E-state index in [1.807, 2.05) is 6.07 Å². The fourth-order valence-corrected chi connectivity index (χ4v) is 4.26. The Hall–Kier alpha value is -0.780. The van der Waals surface area contributed by atoms with Crippen LogP contribution in [0.3, 0.4) is 0 Å². The molecule has 3 atom stereocenters. The second kappa shape index (κ2) is 6.15. The maximum absolute atomic E-state index is 6.06. The Balaban J connectivity index is 1.98. The van der Waals surface area contributed by atoms with Crippen molar-refractivity contribution in [1.29, 1.82) is 0 Å². The fraction of sp³-hybridized carbons (Fsp3) is 0.625. The van der Waals surface area contributed by atoms with Gasteiger partial charge in [-0.3, -0.25) is 0 Å². The molecule has 5 heteroatoms. The number of benzene rings is 1. The number of halogens is 1. The van der Waals surface area contributed by atoms with Crippen LogP contribution in [0.15, 0.2) is 16.6 Å². The van der Waals surface area contributed by atoms with Crippen molar-refractivity contribution in [3.63, 3.8) is 0 Å². The van der Waals surface area contributed by atoms with Crippen molar-refractivity contribution in [1.82, 2.24) is 4.90 Å². The van der Waals surface area contributed by atoms with E-state index in [2.05, 4.69) is 33.9 Å². The van der Waals surface area contributed by atoms with Crippen LogP contribution in [0, 0.1) is 11.8 Å². The van der Waals surface area contributed by atoms with Crippen molar-refractivity contribution < 1.29 is 14.2 Å². The van der Waals surface area contributed by atoms with Gasteiger partial charge in [-0.05, 0) is 35.1 Å². The molecule has 0 radical (unpaired) electrons. The molecule has 1 saturated heterocycles. The molecule has 2 aliphatic heterocycles. The van der Waals surface area contributed by atoms with Gasteiger partial charge in [0.25, 0.3) is 0 Å². The van der Waals surface area contributed by atoms with Gasteiger partial charge in [-0.25, -0.2) is 0 Å². The van der Waals surface area contributed by atoms with Crippen LogP contribution in [-0.2, 0) is 4.74 Å². The van der Waals surface area contributed by atoms with Crippen molar-refractivity contribution >= 4 is 15.9 Å². The molecule has 0 spiro atoms. The van der Waals surface area contributed by atoms with Crippen molar-refractivity contribution in [2.75, 3.05) is 47.6 Å². The Morgan fingerprint density at radius 3 is 2.86 bits per heavy atom. The van der Waals surface area contributed by atoms with E-state index in [-0.39, 0.29) is 0 Å². The van der Waals surface area contributed by atoms with Gasteiger partial charge in [-0.2, -0.15) is 0 Å². The van der Waals surface area contributed by atoms with Crippen LogP contribution in [0.5, 0.6) is 11.5 Å². The monoisotopic (exact) mass is 355 g/mol. The van der Waals surface area contributed by atoms with Crippen molar-refractivity contribution in [3.8, 4) is 11.5 Å². The van der Waals surface area contributed by atoms with Crippen LogP contribution >= 0.6 is 15.9 Å². The highest BCUT2D eigenvalue weighted by atomic mass is 79.9. The molecule has 116 valence electrons. The van der Waals surface area contributed by atoms with Gasteiger partial charge in [0.15, 0.2) is 0 Å². The molecule has 0 aliphatic carbocycles. The lowest BCUT2D eigenvalue weighted by Crippen LogP contribution is -2.48. The Bertz CT molecular complexity index is 522. The number of likely N-dealkylation sites (tertiary alicyclic amines) is 1. The highest BCUT2D eigenvalue weighted by Gasteiger charge is 2.41. The zero-order valence-corrected chi connectivity index (χ0v) is 14.4. The highest BCUT2D eigenvalue weighted by molar-refractivity contribution is 9.10. The van der Waals surface area contributed by atoms with Crippen LogP contribution in [0.1, 0.15) is 11.5 Å². The van der Waals surface area contributed by atoms with E-state index in [1.165, 1.54) is 5.56 Å². The molecular formula is C16H22BrNO3. The predicted molar refractivity (Wildman–Crippen MR) is 85.3 cm³/mol. The number of hydrogen-bond acceptors (Lipinski definition) is 4. The topological polar surface area (TPSA) is 30.9 Å². The summed E-state index contributed by atoms with van der Waals surface area (Å²) in [6.45, 7) is 3.68. The molecular weight excluding hydrogens is 334 g/mol. The Morgan fingerprint density at radius 1 is 1.33 bits per heavy atom. The lowest BCUT2D eigenvalue weighted by Gasteiger charge is -2.45. The molecule has 0 bridgehead atoms. The third-order valence-electron chi connectivity index (χ3n) is 4.66. The normalized spacial score (nSPS) is 28.5. The minimum atomic E-state index is 0.471. The number of piperidine rings is 1. The minimum Gasteiger partial charge on any atom is -0.497 e. The molecule has 2 aliphatic rings. The molecule has 1 aromatic carbocycles. The van der Waals surface area contributed by atoms with Crippen LogP contribution < -0.4 is 9.47 Å². The van der Waals surface area contributed by atoms with Gasteiger partial charge in [0.2, 0.25) is 0 Å². The third-order valence-corrected chi connectivity index (χ3v) is 5.25. The van der Waals surface area contributed by atoms with E-state index in [0.29, 0.717) is 17.8 Å². The molecule has 0 aromatic heterocycles. The summed E-state index contributed by atoms with van der Waals surface area (Å²) in [7, 11) is 5.67. The van der Waals surface area contributed by atoms with Crippen LogP contribution in [0.25, 0.3) is 0 Å². The van der Waals surface area contributed by atoms with E-state index in [1.54, 1.807) is 14.2 Å². The number of hydrogen-bond donors (Lipinski definition) is 0. The first kappa shape index (κ1) is 15.1. The number of methoxy groups -OCH3 is 2. The molecule has 0 amide bonds. The molecule has 21 heavy (non-hydrogen) atoms. The molecule has 4 nitrogen and oxygen atoms in total. The number of nitrogens with zero attached hydrogens (tertiary/aromatic N) is 1. The Labute approximate surface area is 134 Å². The summed E-state index contributed by atoms with van der Waals surface area (Å²) < 4.78 is 17.9. The van der Waals surface area contributed by atoms with E-state index < -0.39 is 0 Å². The maximum Gasteiger partial charge on any atom is 0.137 e. The van der Waals surface area contributed by atoms with Gasteiger partial charge in [-0.15, -0.1) is 0 Å². The highest BCUT2D eigenvalue weighted by Crippen LogP contribution is 2.47. The molecule has 2 heterocycles. The van der Waals surface area contributed by atoms with Crippen molar-refractivity contribution in [2.45, 2.75) is 5.92 Å². The van der Waals surface area contributed by atoms with Crippen molar-refractivity contribution in [2.24, 2.45) is 11.8 Å². The van der Waals surface area contributed by atoms with Crippen LogP contribution in [-0.4, -0.2) is 52.5 Å². The Morgan fingerprint density at radius 2 is 2.14 bits per heavy atom. The van der Waals surface area contributed by atoms with Gasteiger partial charge < -0.3 is 19.1 Å². The zero-order valence-electron chi connectivity index (χ0n) is 12.8. The quantitative estimate of drug-likeness (QED) is 0.834. The van der Waals surface area contributed by atoms with Gasteiger partial charge >= 0.3 is 0 Å². The average molecular weight is 356 g/mol. The first-order valence-corrected chi connectivity index (χ1v) is 8.11. The molecule has 1 fully saturated rings. The van der Waals surface area contributed by atoms with E-state index in [4.69, 9.17) is 14.2 Å². The fourth-order valence-electron chi connectivity index (χ4n) is 3.70. The summed E-state index contributed by atoms with van der Waals surface area (Å²) in [5.41, 5.74) is 1.25. The first-order valence-electron chi connectivity index (χ1n) is 7.31. The SMILES string of the molecule is COC[C@H]1CN(C)C[C@H]2c3cc(OC)cc(Br)c3OC[C@H]12. The van der Waals surface area contributed by atoms with Gasteiger partial charge in [0.05, 0.1) is 24.8 Å². The molecule has 1 aromatic rings. The Kier molecular flexibility index (Phi) is 4.43. The largest absolute Gasteiger partial charge is 0.497 e. The summed E-state index contributed by atoms with van der Waals surface area (Å²) in [5.74, 6) is 3.34. The molecule has 0 N–H and O–H groups in total. The number of ether oxygens (including phenoxy) is 3. The maximum atomic E-state index is 6.06. The van der Waals surface area contributed by atoms with E-state index >= 15 is 0 Å². The summed E-state index contributed by atoms with van der Waals surface area (Å²) >= 11 is 3.61. The zero-order chi connectivity index (χ0) is 15.0. The summed E-state index contributed by atoms with van der Waals surface area (Å²) in [4.78, 5) is 2.40. The smallest absolute Gasteiger partial charge is 0.137 e.